The van der Waals surface area contributed by atoms with Crippen LogP contribution in [0.15, 0.2) is 68.9 Å². The van der Waals surface area contributed by atoms with Gasteiger partial charge in [-0.05, 0) is 24.6 Å². The Hall–Kier alpha value is -4.47. The van der Waals surface area contributed by atoms with Crippen LogP contribution in [0.1, 0.15) is 37.3 Å². The van der Waals surface area contributed by atoms with Crippen LogP contribution in [-0.4, -0.2) is 41.8 Å². The molecule has 0 aliphatic carbocycles. The maximum atomic E-state index is 12.5. The van der Waals surface area contributed by atoms with Gasteiger partial charge in [0.2, 0.25) is 5.91 Å². The minimum Gasteiger partial charge on any atom is -0.461 e. The van der Waals surface area contributed by atoms with Crippen molar-refractivity contribution in [2.24, 2.45) is 5.10 Å². The Kier molecular flexibility index (Phi) is 7.74. The van der Waals surface area contributed by atoms with Crippen LogP contribution in [0.25, 0.3) is 11.0 Å². The van der Waals surface area contributed by atoms with E-state index in [1.165, 1.54) is 17.1 Å². The molecule has 3 aromatic rings. The molecule has 2 amide bonds. The zero-order valence-corrected chi connectivity index (χ0v) is 19.7. The van der Waals surface area contributed by atoms with E-state index in [0.29, 0.717) is 29.6 Å². The molecule has 36 heavy (non-hydrogen) atoms. The third-order valence-electron chi connectivity index (χ3n) is 5.48. The number of esters is 1. The summed E-state index contributed by atoms with van der Waals surface area (Å²) in [6.45, 7) is 2.21. The summed E-state index contributed by atoms with van der Waals surface area (Å²) in [5.41, 5.74) is 2.23. The van der Waals surface area contributed by atoms with Crippen LogP contribution in [-0.2, 0) is 25.7 Å². The first-order valence-electron chi connectivity index (χ1n) is 11.5. The highest BCUT2D eigenvalue weighted by molar-refractivity contribution is 6.02. The minimum absolute atomic E-state index is 0.0367. The number of anilines is 1. The van der Waals surface area contributed by atoms with Crippen LogP contribution in [0.2, 0.25) is 0 Å². The number of fused-ring (bicyclic) bond motifs is 1. The van der Waals surface area contributed by atoms with Crippen LogP contribution in [0, 0.1) is 0 Å². The normalized spacial score (nSPS) is 12.8. The first-order chi connectivity index (χ1) is 17.4. The molecular weight excluding hydrogens is 466 g/mol. The van der Waals surface area contributed by atoms with Crippen molar-refractivity contribution in [3.63, 3.8) is 0 Å². The lowest BCUT2D eigenvalue weighted by atomic mass is 10.1. The van der Waals surface area contributed by atoms with Crippen molar-refractivity contribution in [3.8, 4) is 0 Å². The summed E-state index contributed by atoms with van der Waals surface area (Å²) in [4.78, 5) is 48.4. The monoisotopic (exact) mass is 491 g/mol. The topological polar surface area (TPSA) is 128 Å². The van der Waals surface area contributed by atoms with Gasteiger partial charge < -0.3 is 13.9 Å². The molecule has 0 fully saturated rings. The van der Waals surface area contributed by atoms with Gasteiger partial charge in [0, 0.05) is 41.6 Å². The molecule has 1 aliphatic rings. The fourth-order valence-corrected chi connectivity index (χ4v) is 3.75. The number of amides is 2. The smallest absolute Gasteiger partial charge is 0.411 e. The highest BCUT2D eigenvalue weighted by Crippen LogP contribution is 2.22. The molecule has 1 aliphatic heterocycles. The number of hydrazone groups is 1. The summed E-state index contributed by atoms with van der Waals surface area (Å²) < 4.78 is 15.4. The van der Waals surface area contributed by atoms with Crippen molar-refractivity contribution < 1.29 is 28.3 Å². The van der Waals surface area contributed by atoms with E-state index >= 15 is 0 Å². The Labute approximate surface area is 206 Å². The molecule has 0 atom stereocenters. The maximum absolute atomic E-state index is 12.5. The molecular formula is C26H25N3O7. The number of hydrogen-bond acceptors (Lipinski definition) is 8. The fourth-order valence-electron chi connectivity index (χ4n) is 3.75. The van der Waals surface area contributed by atoms with E-state index in [1.807, 2.05) is 30.3 Å². The predicted octanol–water partition coefficient (Wildman–Crippen LogP) is 3.82. The lowest BCUT2D eigenvalue weighted by molar-refractivity contribution is -0.147. The van der Waals surface area contributed by atoms with Gasteiger partial charge in [0.15, 0.2) is 0 Å². The first-order valence-corrected chi connectivity index (χ1v) is 11.5. The Morgan fingerprint density at radius 2 is 1.86 bits per heavy atom. The van der Waals surface area contributed by atoms with E-state index in [0.717, 1.165) is 11.3 Å². The number of hydrogen-bond donors (Lipinski definition) is 1. The van der Waals surface area contributed by atoms with Crippen LogP contribution in [0.3, 0.4) is 0 Å². The highest BCUT2D eigenvalue weighted by atomic mass is 16.5. The van der Waals surface area contributed by atoms with Gasteiger partial charge in [0.1, 0.15) is 12.2 Å². The number of carbonyl (C=O) groups excluding carboxylic acids is 3. The van der Waals surface area contributed by atoms with Crippen molar-refractivity contribution in [3.05, 3.63) is 76.1 Å². The average Bonchev–Trinajstić information content (AvgIpc) is 3.37. The van der Waals surface area contributed by atoms with Crippen LogP contribution in [0.5, 0.6) is 0 Å². The van der Waals surface area contributed by atoms with E-state index in [4.69, 9.17) is 13.9 Å². The Morgan fingerprint density at radius 1 is 1.06 bits per heavy atom. The van der Waals surface area contributed by atoms with Crippen molar-refractivity contribution >= 4 is 40.3 Å². The molecule has 0 spiro atoms. The SMILES string of the molecule is CCOC(=O)Nc1ccc2c(COC(=O)CCC(=O)N3CCC(c4ccccc4)=N3)cc(=O)oc2c1. The summed E-state index contributed by atoms with van der Waals surface area (Å²) in [6, 6.07) is 15.6. The van der Waals surface area contributed by atoms with Gasteiger partial charge in [-0.3, -0.25) is 14.9 Å². The van der Waals surface area contributed by atoms with Gasteiger partial charge in [0.05, 0.1) is 25.3 Å². The number of nitrogens with one attached hydrogen (secondary N) is 1. The molecule has 2 heterocycles. The third-order valence-corrected chi connectivity index (χ3v) is 5.48. The van der Waals surface area contributed by atoms with Gasteiger partial charge in [0.25, 0.3) is 0 Å². The Bertz CT molecular complexity index is 1360. The molecule has 10 heteroatoms. The number of nitrogens with zero attached hydrogens (tertiary/aromatic N) is 2. The van der Waals surface area contributed by atoms with E-state index in [1.54, 1.807) is 19.1 Å². The zero-order valence-electron chi connectivity index (χ0n) is 19.7. The molecule has 4 rings (SSSR count). The second-order valence-corrected chi connectivity index (χ2v) is 7.99. The van der Waals surface area contributed by atoms with Crippen molar-refractivity contribution in [2.75, 3.05) is 18.5 Å². The molecule has 0 bridgehead atoms. The molecule has 1 aromatic heterocycles. The van der Waals surface area contributed by atoms with Crippen molar-refractivity contribution in [2.45, 2.75) is 32.8 Å². The molecule has 186 valence electrons. The third kappa shape index (κ3) is 6.15. The van der Waals surface area contributed by atoms with Gasteiger partial charge in [-0.1, -0.05) is 30.3 Å². The second-order valence-electron chi connectivity index (χ2n) is 7.99. The zero-order chi connectivity index (χ0) is 25.5. The molecule has 2 aromatic carbocycles. The Balaban J connectivity index is 1.33. The van der Waals surface area contributed by atoms with E-state index in [9.17, 15) is 19.2 Å². The number of carbonyl (C=O) groups is 3. The van der Waals surface area contributed by atoms with Crippen LogP contribution >= 0.6 is 0 Å². The summed E-state index contributed by atoms with van der Waals surface area (Å²) in [7, 11) is 0. The molecule has 10 nitrogen and oxygen atoms in total. The number of rotatable bonds is 8. The van der Waals surface area contributed by atoms with E-state index in [2.05, 4.69) is 10.4 Å². The second kappa shape index (κ2) is 11.3. The molecule has 0 saturated heterocycles. The van der Waals surface area contributed by atoms with Gasteiger partial charge >= 0.3 is 17.7 Å². The number of benzene rings is 2. The molecule has 0 saturated carbocycles. The van der Waals surface area contributed by atoms with Crippen LogP contribution < -0.4 is 10.9 Å². The largest absolute Gasteiger partial charge is 0.461 e. The standard InChI is InChI=1S/C26H25N3O7/c1-2-34-26(33)27-19-8-9-20-18(14-25(32)36-22(20)15-19)16-35-24(31)11-10-23(30)29-13-12-21(28-29)17-6-4-3-5-7-17/h3-9,14-15H,2,10-13,16H2,1H3,(H,27,33). The summed E-state index contributed by atoms with van der Waals surface area (Å²) in [6.07, 6.45) is -0.126. The fraction of sp³-hybridized carbons (Fsp3) is 0.269. The molecule has 0 unspecified atom stereocenters. The summed E-state index contributed by atoms with van der Waals surface area (Å²) in [5, 5.41) is 8.84. The quantitative estimate of drug-likeness (QED) is 0.375. The predicted molar refractivity (Wildman–Crippen MR) is 131 cm³/mol. The van der Waals surface area contributed by atoms with Crippen LogP contribution in [0.4, 0.5) is 10.5 Å². The average molecular weight is 492 g/mol. The van der Waals surface area contributed by atoms with Gasteiger partial charge in [-0.25, -0.2) is 14.6 Å². The number of ether oxygens (including phenoxy) is 2. The van der Waals surface area contributed by atoms with E-state index in [-0.39, 0.29) is 37.5 Å². The highest BCUT2D eigenvalue weighted by Gasteiger charge is 2.22. The lowest BCUT2D eigenvalue weighted by Crippen LogP contribution is -2.24. The maximum Gasteiger partial charge on any atom is 0.411 e. The first kappa shape index (κ1) is 24.6. The van der Waals surface area contributed by atoms with Gasteiger partial charge in [-0.2, -0.15) is 5.10 Å². The van der Waals surface area contributed by atoms with E-state index < -0.39 is 17.7 Å². The van der Waals surface area contributed by atoms with Gasteiger partial charge in [-0.15, -0.1) is 0 Å². The summed E-state index contributed by atoms with van der Waals surface area (Å²) in [5.74, 6) is -0.831. The molecule has 0 radical (unpaired) electrons. The minimum atomic E-state index is -0.630. The van der Waals surface area contributed by atoms with Crippen molar-refractivity contribution in [1.82, 2.24) is 5.01 Å². The summed E-state index contributed by atoms with van der Waals surface area (Å²) >= 11 is 0. The molecule has 1 N–H and O–H groups in total. The lowest BCUT2D eigenvalue weighted by Gasteiger charge is -2.11. The van der Waals surface area contributed by atoms with Crippen molar-refractivity contribution in [1.29, 1.82) is 0 Å². The Morgan fingerprint density at radius 3 is 2.64 bits per heavy atom.